The van der Waals surface area contributed by atoms with E-state index in [2.05, 4.69) is 0 Å². The summed E-state index contributed by atoms with van der Waals surface area (Å²) in [7, 11) is 0. The molecule has 7 nitrogen and oxygen atoms in total. The summed E-state index contributed by atoms with van der Waals surface area (Å²) in [5.41, 5.74) is 1.25. The second-order valence-corrected chi connectivity index (χ2v) is 7.11. The maximum atomic E-state index is 13.4. The minimum atomic E-state index is -0.917. The van der Waals surface area contributed by atoms with Gasteiger partial charge in [0.2, 0.25) is 5.91 Å². The number of fused-ring (bicyclic) bond motifs is 1. The van der Waals surface area contributed by atoms with Gasteiger partial charge >= 0.3 is 0 Å². The Bertz CT molecular complexity index is 1050. The van der Waals surface area contributed by atoms with Crippen molar-refractivity contribution < 1.29 is 23.6 Å². The second kappa shape index (κ2) is 7.35. The molecule has 3 heterocycles. The number of hydroxylamine groups is 1. The summed E-state index contributed by atoms with van der Waals surface area (Å²) >= 11 is 0. The molecule has 5 rings (SSSR count). The molecule has 2 amide bonds. The zero-order valence-electron chi connectivity index (χ0n) is 16.3. The molecule has 3 aromatic rings. The van der Waals surface area contributed by atoms with E-state index in [0.717, 1.165) is 5.69 Å². The van der Waals surface area contributed by atoms with Crippen LogP contribution in [-0.4, -0.2) is 24.5 Å². The van der Waals surface area contributed by atoms with Gasteiger partial charge in [-0.15, -0.1) is 0 Å². The van der Waals surface area contributed by atoms with E-state index in [9.17, 15) is 9.59 Å². The van der Waals surface area contributed by atoms with Gasteiger partial charge in [0.1, 0.15) is 23.5 Å². The van der Waals surface area contributed by atoms with E-state index in [0.29, 0.717) is 23.8 Å². The monoisotopic (exact) mass is 404 g/mol. The molecule has 3 atom stereocenters. The van der Waals surface area contributed by atoms with Crippen molar-refractivity contribution >= 4 is 23.2 Å². The van der Waals surface area contributed by atoms with Crippen molar-refractivity contribution in [3.63, 3.8) is 0 Å². The number of imide groups is 1. The summed E-state index contributed by atoms with van der Waals surface area (Å²) < 4.78 is 11.1. The molecule has 1 aromatic heterocycles. The smallest absolute Gasteiger partial charge is 0.266 e. The molecule has 0 spiro atoms. The van der Waals surface area contributed by atoms with E-state index in [1.54, 1.807) is 47.7 Å². The number of para-hydroxylation sites is 1. The Labute approximate surface area is 173 Å². The van der Waals surface area contributed by atoms with Gasteiger partial charge in [0.05, 0.1) is 24.2 Å². The highest BCUT2D eigenvalue weighted by molar-refractivity contribution is 6.23. The molecular weight excluding hydrogens is 384 g/mol. The molecule has 7 heteroatoms. The zero-order chi connectivity index (χ0) is 20.7. The minimum Gasteiger partial charge on any atom is -0.494 e. The SMILES string of the molecule is CCOc1ccc(N2C(=O)[C@H]3[C@@H](ON(c4ccccc4)[C@H]3c3ccco3)C2=O)cc1. The Morgan fingerprint density at radius 3 is 2.33 bits per heavy atom. The summed E-state index contributed by atoms with van der Waals surface area (Å²) in [6.45, 7) is 2.44. The Hall–Kier alpha value is -3.58. The average Bonchev–Trinajstić information content (AvgIpc) is 3.48. The van der Waals surface area contributed by atoms with Crippen molar-refractivity contribution in [2.75, 3.05) is 16.6 Å². The van der Waals surface area contributed by atoms with E-state index < -0.39 is 18.1 Å². The van der Waals surface area contributed by atoms with E-state index >= 15 is 0 Å². The van der Waals surface area contributed by atoms with Crippen LogP contribution in [-0.2, 0) is 14.4 Å². The van der Waals surface area contributed by atoms with Gasteiger partial charge in [-0.25, -0.2) is 9.96 Å². The predicted octanol–water partition coefficient (Wildman–Crippen LogP) is 3.73. The van der Waals surface area contributed by atoms with Gasteiger partial charge in [0.25, 0.3) is 5.91 Å². The third-order valence-corrected chi connectivity index (χ3v) is 5.37. The number of amides is 2. The lowest BCUT2D eigenvalue weighted by molar-refractivity contribution is -0.126. The highest BCUT2D eigenvalue weighted by Gasteiger charge is 2.61. The van der Waals surface area contributed by atoms with E-state index in [4.69, 9.17) is 14.0 Å². The molecule has 0 N–H and O–H groups in total. The average molecular weight is 404 g/mol. The molecule has 2 aliphatic rings. The molecule has 152 valence electrons. The number of carbonyl (C=O) groups is 2. The summed E-state index contributed by atoms with van der Waals surface area (Å²) in [4.78, 5) is 33.8. The molecule has 0 bridgehead atoms. The second-order valence-electron chi connectivity index (χ2n) is 7.11. The molecule has 30 heavy (non-hydrogen) atoms. The number of benzene rings is 2. The Morgan fingerprint density at radius 1 is 0.900 bits per heavy atom. The first-order valence-electron chi connectivity index (χ1n) is 9.84. The lowest BCUT2D eigenvalue weighted by Crippen LogP contribution is -2.37. The highest BCUT2D eigenvalue weighted by atomic mass is 16.7. The van der Waals surface area contributed by atoms with Gasteiger partial charge in [-0.2, -0.15) is 0 Å². The number of ether oxygens (including phenoxy) is 1. The molecule has 2 aromatic carbocycles. The van der Waals surface area contributed by atoms with Crippen LogP contribution in [0.25, 0.3) is 0 Å². The van der Waals surface area contributed by atoms with Gasteiger partial charge in [0.15, 0.2) is 6.10 Å². The maximum Gasteiger partial charge on any atom is 0.266 e. The van der Waals surface area contributed by atoms with Crippen LogP contribution in [0.15, 0.2) is 77.4 Å². The lowest BCUT2D eigenvalue weighted by Gasteiger charge is -2.27. The quantitative estimate of drug-likeness (QED) is 0.604. The third kappa shape index (κ3) is 2.86. The van der Waals surface area contributed by atoms with Crippen LogP contribution in [0.4, 0.5) is 11.4 Å². The number of anilines is 2. The van der Waals surface area contributed by atoms with E-state index in [-0.39, 0.29) is 11.8 Å². The topological polar surface area (TPSA) is 72.2 Å². The number of rotatable bonds is 5. The Morgan fingerprint density at radius 2 is 1.67 bits per heavy atom. The number of nitrogens with zero attached hydrogens (tertiary/aromatic N) is 2. The van der Waals surface area contributed by atoms with Crippen molar-refractivity contribution in [3.05, 3.63) is 78.8 Å². The van der Waals surface area contributed by atoms with Gasteiger partial charge < -0.3 is 9.15 Å². The van der Waals surface area contributed by atoms with Gasteiger partial charge in [-0.05, 0) is 55.5 Å². The highest BCUT2D eigenvalue weighted by Crippen LogP contribution is 2.47. The van der Waals surface area contributed by atoms with Gasteiger partial charge in [-0.1, -0.05) is 18.2 Å². The maximum absolute atomic E-state index is 13.4. The zero-order valence-corrected chi connectivity index (χ0v) is 16.3. The number of carbonyl (C=O) groups excluding carboxylic acids is 2. The van der Waals surface area contributed by atoms with Crippen LogP contribution in [0.1, 0.15) is 18.7 Å². The fourth-order valence-electron chi connectivity index (χ4n) is 4.07. The molecule has 0 saturated carbocycles. The fourth-order valence-corrected chi connectivity index (χ4v) is 4.07. The van der Waals surface area contributed by atoms with Crippen molar-refractivity contribution in [1.29, 1.82) is 0 Å². The number of hydrogen-bond donors (Lipinski definition) is 0. The van der Waals surface area contributed by atoms with Crippen LogP contribution in [0.2, 0.25) is 0 Å². The van der Waals surface area contributed by atoms with Crippen molar-refractivity contribution in [1.82, 2.24) is 0 Å². The van der Waals surface area contributed by atoms with Gasteiger partial charge in [0, 0.05) is 0 Å². The molecule has 0 unspecified atom stereocenters. The Balaban J connectivity index is 1.51. The van der Waals surface area contributed by atoms with E-state index in [1.807, 2.05) is 37.3 Å². The lowest BCUT2D eigenvalue weighted by atomic mass is 9.94. The minimum absolute atomic E-state index is 0.311. The largest absolute Gasteiger partial charge is 0.494 e. The Kier molecular flexibility index (Phi) is 4.52. The summed E-state index contributed by atoms with van der Waals surface area (Å²) in [6.07, 6.45) is 0.636. The molecule has 0 radical (unpaired) electrons. The molecule has 2 saturated heterocycles. The number of hydrogen-bond acceptors (Lipinski definition) is 6. The van der Waals surface area contributed by atoms with Crippen molar-refractivity contribution in [2.45, 2.75) is 19.1 Å². The molecule has 2 aliphatic heterocycles. The predicted molar refractivity (Wildman–Crippen MR) is 109 cm³/mol. The standard InChI is InChI=1S/C23H20N2O5/c1-2-28-17-12-10-15(11-13-17)24-22(26)19-20(18-9-6-14-29-18)25(30-21(19)23(24)27)16-7-4-3-5-8-16/h3-14,19-21H,2H2,1H3/t19-,20+,21-/m1/s1. The van der Waals surface area contributed by atoms with Crippen LogP contribution in [0.5, 0.6) is 5.75 Å². The van der Waals surface area contributed by atoms with Crippen LogP contribution >= 0.6 is 0 Å². The fraction of sp³-hybridized carbons (Fsp3) is 0.217. The molecular formula is C23H20N2O5. The first-order valence-corrected chi connectivity index (χ1v) is 9.84. The van der Waals surface area contributed by atoms with Crippen molar-refractivity contribution in [2.24, 2.45) is 5.92 Å². The summed E-state index contributed by atoms with van der Waals surface area (Å²) in [5.74, 6) is -0.157. The molecule has 2 fully saturated rings. The van der Waals surface area contributed by atoms with Crippen LogP contribution in [0.3, 0.4) is 0 Å². The normalized spacial score (nSPS) is 23.2. The van der Waals surface area contributed by atoms with Gasteiger partial charge in [-0.3, -0.25) is 14.4 Å². The van der Waals surface area contributed by atoms with Crippen molar-refractivity contribution in [3.8, 4) is 5.75 Å². The van der Waals surface area contributed by atoms with Crippen LogP contribution in [0, 0.1) is 5.92 Å². The third-order valence-electron chi connectivity index (χ3n) is 5.37. The first-order chi connectivity index (χ1) is 14.7. The van der Waals surface area contributed by atoms with Crippen LogP contribution < -0.4 is 14.7 Å². The summed E-state index contributed by atoms with van der Waals surface area (Å²) in [5, 5.41) is 1.61. The summed E-state index contributed by atoms with van der Waals surface area (Å²) in [6, 6.07) is 19.3. The molecule has 0 aliphatic carbocycles. The number of furan rings is 1. The van der Waals surface area contributed by atoms with E-state index in [1.165, 1.54) is 4.90 Å². The first kappa shape index (κ1) is 18.4.